The van der Waals surface area contributed by atoms with Crippen LogP contribution in [0.2, 0.25) is 0 Å². The summed E-state index contributed by atoms with van der Waals surface area (Å²) >= 11 is 0. The summed E-state index contributed by atoms with van der Waals surface area (Å²) in [5, 5.41) is 0. The first-order valence-electron chi connectivity index (χ1n) is 11.9. The molecule has 0 saturated heterocycles. The molecule has 0 N–H and O–H groups in total. The van der Waals surface area contributed by atoms with Crippen LogP contribution in [0.15, 0.2) is 48.9 Å². The van der Waals surface area contributed by atoms with Gasteiger partial charge in [-0.15, -0.1) is 0 Å². The highest BCUT2D eigenvalue weighted by Crippen LogP contribution is 2.23. The molecule has 0 unspecified atom stereocenters. The maximum atomic E-state index is 12.0. The van der Waals surface area contributed by atoms with Crippen LogP contribution in [-0.2, 0) is 10.2 Å². The molecule has 0 bridgehead atoms. The number of hydrogen-bond donors (Lipinski definition) is 0. The van der Waals surface area contributed by atoms with E-state index in [-0.39, 0.29) is 35.2 Å². The quantitative estimate of drug-likeness (QED) is 0.377. The van der Waals surface area contributed by atoms with Crippen LogP contribution < -0.4 is 0 Å². The number of ketones is 2. The Kier molecular flexibility index (Phi) is 16.6. The molecule has 4 heteroatoms. The summed E-state index contributed by atoms with van der Waals surface area (Å²) in [6, 6.07) is 9.53. The molecule has 2 rings (SSSR count). The van der Waals surface area contributed by atoms with Crippen LogP contribution in [0.25, 0.3) is 0 Å². The van der Waals surface area contributed by atoms with Crippen LogP contribution >= 0.6 is 0 Å². The number of pyridine rings is 2. The lowest BCUT2D eigenvalue weighted by Crippen LogP contribution is -2.21. The van der Waals surface area contributed by atoms with Crippen LogP contribution in [-0.4, -0.2) is 21.5 Å². The second kappa shape index (κ2) is 15.6. The highest BCUT2D eigenvalue weighted by atomic mass is 16.1. The van der Waals surface area contributed by atoms with Gasteiger partial charge < -0.3 is 0 Å². The van der Waals surface area contributed by atoms with Gasteiger partial charge in [0, 0.05) is 46.1 Å². The van der Waals surface area contributed by atoms with E-state index in [9.17, 15) is 9.59 Å². The summed E-state index contributed by atoms with van der Waals surface area (Å²) in [6.45, 7) is 28.2. The first kappa shape index (κ1) is 37.2. The number of nitrogens with zero attached hydrogens (tertiary/aromatic N) is 2. The Hall–Kier alpha value is -2.36. The molecule has 0 saturated carbocycles. The SMILES string of the molecule is C.CC(=O)C(C)(C)C.CC(C)(C)C.CC(C)(C)C(=O)c1ccc(C(C)(C)C)nc1.c1ccncc1. The number of carbonyl (C=O) groups is 2. The zero-order valence-electron chi connectivity index (χ0n) is 24.3. The number of carbonyl (C=O) groups excluding carboxylic acids is 2. The fraction of sp³-hybridized carbons (Fsp3) is 0.613. The van der Waals surface area contributed by atoms with Gasteiger partial charge in [-0.2, -0.15) is 0 Å². The Morgan fingerprint density at radius 3 is 1.26 bits per heavy atom. The molecule has 0 amide bonds. The van der Waals surface area contributed by atoms with Crippen molar-refractivity contribution in [2.75, 3.05) is 0 Å². The van der Waals surface area contributed by atoms with Crippen molar-refractivity contribution < 1.29 is 9.59 Å². The van der Waals surface area contributed by atoms with Gasteiger partial charge in [-0.1, -0.05) is 104 Å². The summed E-state index contributed by atoms with van der Waals surface area (Å²) in [5.74, 6) is 0.382. The van der Waals surface area contributed by atoms with Crippen LogP contribution in [0.4, 0.5) is 0 Å². The zero-order valence-corrected chi connectivity index (χ0v) is 24.3. The molecular formula is C31H54N2O2. The van der Waals surface area contributed by atoms with Crippen LogP contribution in [0.5, 0.6) is 0 Å². The first-order chi connectivity index (χ1) is 15.1. The second-order valence-electron chi connectivity index (χ2n) is 13.1. The monoisotopic (exact) mass is 486 g/mol. The molecule has 35 heavy (non-hydrogen) atoms. The standard InChI is InChI=1S/C14H21NO.C6H12O.C5H5N.C5H12.CH4/c1-13(2,3)11-8-7-10(9-15-11)12(16)14(4,5)6;1-5(7)6(2,3)4;1-2-4-6-5-3-1;1-5(2,3)4;/h7-9H,1-6H3;1-4H3;1-5H;1-4H3;1H4. The molecule has 0 aromatic carbocycles. The summed E-state index contributed by atoms with van der Waals surface area (Å²) < 4.78 is 0. The molecule has 0 aliphatic rings. The molecule has 0 atom stereocenters. The Balaban J connectivity index is -0.000000447. The van der Waals surface area contributed by atoms with Gasteiger partial charge in [-0.05, 0) is 36.6 Å². The topological polar surface area (TPSA) is 59.9 Å². The van der Waals surface area contributed by atoms with E-state index in [0.717, 1.165) is 5.69 Å². The third-order valence-corrected chi connectivity index (χ3v) is 4.10. The molecule has 0 aliphatic heterocycles. The zero-order chi connectivity index (χ0) is 27.4. The van der Waals surface area contributed by atoms with Crippen LogP contribution in [0.3, 0.4) is 0 Å². The van der Waals surface area contributed by atoms with E-state index in [4.69, 9.17) is 0 Å². The molecular weight excluding hydrogens is 432 g/mol. The van der Waals surface area contributed by atoms with Gasteiger partial charge in [-0.25, -0.2) is 0 Å². The third kappa shape index (κ3) is 21.9. The number of Topliss-reactive ketones (excluding diaryl/α,β-unsaturated/α-hetero) is 2. The molecule has 0 spiro atoms. The molecule has 2 aromatic heterocycles. The van der Waals surface area contributed by atoms with Crippen molar-refractivity contribution in [1.82, 2.24) is 9.97 Å². The smallest absolute Gasteiger partial charge is 0.169 e. The van der Waals surface area contributed by atoms with Gasteiger partial charge in [0.15, 0.2) is 5.78 Å². The Morgan fingerprint density at radius 1 is 0.686 bits per heavy atom. The van der Waals surface area contributed by atoms with Gasteiger partial charge in [0.05, 0.1) is 0 Å². The largest absolute Gasteiger partial charge is 0.299 e. The van der Waals surface area contributed by atoms with Gasteiger partial charge in [0.2, 0.25) is 0 Å². The number of rotatable bonds is 1. The van der Waals surface area contributed by atoms with E-state index in [1.807, 2.05) is 71.9 Å². The third-order valence-electron chi connectivity index (χ3n) is 4.10. The van der Waals surface area contributed by atoms with Gasteiger partial charge >= 0.3 is 0 Å². The molecule has 4 nitrogen and oxygen atoms in total. The van der Waals surface area contributed by atoms with Crippen molar-refractivity contribution in [2.24, 2.45) is 16.2 Å². The van der Waals surface area contributed by atoms with E-state index >= 15 is 0 Å². The van der Waals surface area contributed by atoms with Crippen molar-refractivity contribution in [3.05, 3.63) is 60.2 Å². The van der Waals surface area contributed by atoms with E-state index in [1.54, 1.807) is 25.5 Å². The van der Waals surface area contributed by atoms with Gasteiger partial charge in [0.1, 0.15) is 5.78 Å². The summed E-state index contributed by atoms with van der Waals surface area (Å²) in [7, 11) is 0. The van der Waals surface area contributed by atoms with Crippen molar-refractivity contribution in [3.63, 3.8) is 0 Å². The number of hydrogen-bond acceptors (Lipinski definition) is 4. The van der Waals surface area contributed by atoms with E-state index in [2.05, 4.69) is 58.4 Å². The average Bonchev–Trinajstić information content (AvgIpc) is 2.66. The molecule has 0 aliphatic carbocycles. The summed E-state index contributed by atoms with van der Waals surface area (Å²) in [4.78, 5) is 30.6. The molecule has 200 valence electrons. The van der Waals surface area contributed by atoms with Gasteiger partial charge in [0.25, 0.3) is 0 Å². The molecule has 0 fully saturated rings. The van der Waals surface area contributed by atoms with Crippen LogP contribution in [0.1, 0.15) is 120 Å². The van der Waals surface area contributed by atoms with E-state index in [0.29, 0.717) is 11.0 Å². The first-order valence-corrected chi connectivity index (χ1v) is 11.9. The minimum absolute atomic E-state index is 0. The summed E-state index contributed by atoms with van der Waals surface area (Å²) in [6.07, 6.45) is 5.19. The van der Waals surface area contributed by atoms with E-state index < -0.39 is 0 Å². The predicted octanol–water partition coefficient (Wildman–Crippen LogP) is 9.00. The molecule has 0 radical (unpaired) electrons. The van der Waals surface area contributed by atoms with Crippen molar-refractivity contribution in [1.29, 1.82) is 0 Å². The molecule has 2 heterocycles. The predicted molar refractivity (Wildman–Crippen MR) is 153 cm³/mol. The van der Waals surface area contributed by atoms with Crippen molar-refractivity contribution >= 4 is 11.6 Å². The lowest BCUT2D eigenvalue weighted by molar-refractivity contribution is -0.124. The summed E-state index contributed by atoms with van der Waals surface area (Å²) in [5.41, 5.74) is 1.76. The Morgan fingerprint density at radius 2 is 1.09 bits per heavy atom. The highest BCUT2D eigenvalue weighted by Gasteiger charge is 2.24. The van der Waals surface area contributed by atoms with Crippen molar-refractivity contribution in [3.8, 4) is 0 Å². The second-order valence-corrected chi connectivity index (χ2v) is 13.1. The Bertz CT molecular complexity index is 795. The Labute approximate surface area is 217 Å². The lowest BCUT2D eigenvalue weighted by Gasteiger charge is -2.19. The minimum atomic E-state index is -0.342. The fourth-order valence-corrected chi connectivity index (χ4v) is 1.72. The number of aromatic nitrogens is 2. The van der Waals surface area contributed by atoms with Crippen molar-refractivity contribution in [2.45, 2.75) is 110 Å². The molecule has 2 aromatic rings. The normalized spacial score (nSPS) is 11.1. The highest BCUT2D eigenvalue weighted by molar-refractivity contribution is 5.99. The average molecular weight is 487 g/mol. The van der Waals surface area contributed by atoms with Gasteiger partial charge in [-0.3, -0.25) is 19.6 Å². The fourth-order valence-electron chi connectivity index (χ4n) is 1.72. The minimum Gasteiger partial charge on any atom is -0.299 e. The lowest BCUT2D eigenvalue weighted by atomic mass is 9.86. The van der Waals surface area contributed by atoms with E-state index in [1.165, 1.54) is 0 Å². The van der Waals surface area contributed by atoms with Crippen LogP contribution in [0, 0.1) is 16.2 Å². The maximum absolute atomic E-state index is 12.0. The maximum Gasteiger partial charge on any atom is 0.169 e.